The zero-order valence-electron chi connectivity index (χ0n) is 18.8. The van der Waals surface area contributed by atoms with Crippen molar-refractivity contribution >= 4 is 40.7 Å². The first-order valence-electron chi connectivity index (χ1n) is 10.8. The molecule has 1 aliphatic heterocycles. The molecule has 3 aromatic rings. The third-order valence-electron chi connectivity index (χ3n) is 5.58. The average molecular weight is 503 g/mol. The van der Waals surface area contributed by atoms with Gasteiger partial charge in [-0.2, -0.15) is 0 Å². The van der Waals surface area contributed by atoms with Gasteiger partial charge in [0.1, 0.15) is 12.9 Å². The lowest BCUT2D eigenvalue weighted by Gasteiger charge is -2.30. The highest BCUT2D eigenvalue weighted by molar-refractivity contribution is 6.30. The number of hydrogen-bond donors (Lipinski definition) is 0. The van der Waals surface area contributed by atoms with Crippen molar-refractivity contribution in [2.24, 2.45) is 0 Å². The van der Waals surface area contributed by atoms with Crippen molar-refractivity contribution < 1.29 is 14.4 Å². The van der Waals surface area contributed by atoms with Gasteiger partial charge in [-0.1, -0.05) is 23.2 Å². The summed E-state index contributed by atoms with van der Waals surface area (Å²) < 4.78 is 6.73. The summed E-state index contributed by atoms with van der Waals surface area (Å²) in [5, 5.41) is 1.21. The molecule has 178 valence electrons. The van der Waals surface area contributed by atoms with Crippen molar-refractivity contribution in [3.05, 3.63) is 80.2 Å². The van der Waals surface area contributed by atoms with E-state index < -0.39 is 0 Å². The van der Waals surface area contributed by atoms with Crippen LogP contribution in [0, 0.1) is 0 Å². The molecule has 0 spiro atoms. The highest BCUT2D eigenvalue weighted by Crippen LogP contribution is 2.26. The Morgan fingerprint density at radius 1 is 1.09 bits per heavy atom. The number of aromatic nitrogens is 2. The fourth-order valence-electron chi connectivity index (χ4n) is 3.82. The van der Waals surface area contributed by atoms with Crippen molar-refractivity contribution in [2.45, 2.75) is 19.9 Å². The maximum Gasteiger partial charge on any atom is 0.293 e. The molecule has 0 radical (unpaired) electrons. The van der Waals surface area contributed by atoms with Crippen LogP contribution in [-0.2, 0) is 17.8 Å². The SMILES string of the molecule is CCN(c1ccc(Cl)cc1)c1nc2c(c(=O)n1OC)CN(C(=O)COc1ccc(Cl)cc1)CC2. The summed E-state index contributed by atoms with van der Waals surface area (Å²) in [6.45, 7) is 2.96. The number of fused-ring (bicyclic) bond motifs is 1. The van der Waals surface area contributed by atoms with Gasteiger partial charge in [-0.05, 0) is 55.5 Å². The first kappa shape index (κ1) is 23.9. The van der Waals surface area contributed by atoms with Crippen LogP contribution in [0.4, 0.5) is 11.6 Å². The Kier molecular flexibility index (Phi) is 7.29. The lowest BCUT2D eigenvalue weighted by molar-refractivity contribution is -0.134. The standard InChI is InChI=1S/C24H24Cl2N4O4/c1-3-29(18-8-4-16(25)5-9-18)24-27-21-12-13-28(14-20(21)23(32)30(24)33-2)22(31)15-34-19-10-6-17(26)7-11-19/h4-11H,3,12-15H2,1-2H3. The van der Waals surface area contributed by atoms with Crippen LogP contribution in [0.15, 0.2) is 53.3 Å². The predicted octanol–water partition coefficient (Wildman–Crippen LogP) is 3.73. The lowest BCUT2D eigenvalue weighted by atomic mass is 10.1. The van der Waals surface area contributed by atoms with Crippen LogP contribution in [0.2, 0.25) is 10.0 Å². The van der Waals surface area contributed by atoms with E-state index in [1.165, 1.54) is 7.11 Å². The second kappa shape index (κ2) is 10.4. The predicted molar refractivity (Wildman–Crippen MR) is 131 cm³/mol. The Balaban J connectivity index is 1.56. The summed E-state index contributed by atoms with van der Waals surface area (Å²) >= 11 is 11.9. The van der Waals surface area contributed by atoms with Crippen molar-refractivity contribution in [2.75, 3.05) is 31.7 Å². The summed E-state index contributed by atoms with van der Waals surface area (Å²) in [7, 11) is 1.42. The number of anilines is 2. The first-order valence-corrected chi connectivity index (χ1v) is 11.6. The lowest BCUT2D eigenvalue weighted by Crippen LogP contribution is -2.44. The van der Waals surface area contributed by atoms with Gasteiger partial charge in [-0.25, -0.2) is 4.98 Å². The number of benzene rings is 2. The molecule has 0 aliphatic carbocycles. The van der Waals surface area contributed by atoms with Crippen LogP contribution in [0.1, 0.15) is 18.2 Å². The minimum Gasteiger partial charge on any atom is -0.484 e. The summed E-state index contributed by atoms with van der Waals surface area (Å²) in [5.41, 5.74) is 1.58. The van der Waals surface area contributed by atoms with Crippen LogP contribution in [0.25, 0.3) is 0 Å². The fourth-order valence-corrected chi connectivity index (χ4v) is 4.07. The van der Waals surface area contributed by atoms with E-state index in [9.17, 15) is 9.59 Å². The maximum absolute atomic E-state index is 13.3. The summed E-state index contributed by atoms with van der Waals surface area (Å²) in [5.74, 6) is 0.705. The number of carbonyl (C=O) groups is 1. The minimum absolute atomic E-state index is 0.138. The van der Waals surface area contributed by atoms with E-state index in [1.54, 1.807) is 41.3 Å². The van der Waals surface area contributed by atoms with Gasteiger partial charge in [0.15, 0.2) is 6.61 Å². The number of carbonyl (C=O) groups excluding carboxylic acids is 1. The number of halogens is 2. The van der Waals surface area contributed by atoms with E-state index >= 15 is 0 Å². The van der Waals surface area contributed by atoms with E-state index in [-0.39, 0.29) is 24.6 Å². The number of hydrogen-bond acceptors (Lipinski definition) is 6. The largest absolute Gasteiger partial charge is 0.484 e. The highest BCUT2D eigenvalue weighted by Gasteiger charge is 2.28. The van der Waals surface area contributed by atoms with Crippen molar-refractivity contribution in [3.8, 4) is 5.75 Å². The normalized spacial score (nSPS) is 12.8. The van der Waals surface area contributed by atoms with E-state index in [0.29, 0.717) is 52.5 Å². The summed E-state index contributed by atoms with van der Waals surface area (Å²) in [6, 6.07) is 14.1. The van der Waals surface area contributed by atoms with Crippen molar-refractivity contribution in [1.29, 1.82) is 0 Å². The van der Waals surface area contributed by atoms with Gasteiger partial charge >= 0.3 is 0 Å². The molecule has 1 amide bonds. The molecule has 0 atom stereocenters. The molecule has 10 heteroatoms. The molecule has 8 nitrogen and oxygen atoms in total. The minimum atomic E-state index is -0.342. The van der Waals surface area contributed by atoms with Gasteiger partial charge in [0.2, 0.25) is 5.95 Å². The third-order valence-corrected chi connectivity index (χ3v) is 6.09. The first-order chi connectivity index (χ1) is 16.4. The highest BCUT2D eigenvalue weighted by atomic mass is 35.5. The molecule has 0 saturated heterocycles. The van der Waals surface area contributed by atoms with Gasteiger partial charge in [0.05, 0.1) is 17.8 Å². The Bertz CT molecular complexity index is 1230. The molecular weight excluding hydrogens is 479 g/mol. The second-order valence-electron chi connectivity index (χ2n) is 7.65. The Morgan fingerprint density at radius 2 is 1.74 bits per heavy atom. The Hall–Kier alpha value is -3.23. The maximum atomic E-state index is 13.3. The molecule has 2 heterocycles. The molecule has 4 rings (SSSR count). The molecule has 0 unspecified atom stereocenters. The molecular formula is C24H24Cl2N4O4. The van der Waals surface area contributed by atoms with Crippen LogP contribution < -0.4 is 20.0 Å². The zero-order valence-corrected chi connectivity index (χ0v) is 20.3. The Labute approximate surface area is 207 Å². The van der Waals surface area contributed by atoms with Crippen LogP contribution in [0.5, 0.6) is 5.75 Å². The second-order valence-corrected chi connectivity index (χ2v) is 8.52. The van der Waals surface area contributed by atoms with Gasteiger partial charge in [0.25, 0.3) is 11.5 Å². The molecule has 0 bridgehead atoms. The molecule has 1 aromatic heterocycles. The average Bonchev–Trinajstić information content (AvgIpc) is 2.85. The molecule has 0 saturated carbocycles. The van der Waals surface area contributed by atoms with Gasteiger partial charge in [0, 0.05) is 35.2 Å². The summed E-state index contributed by atoms with van der Waals surface area (Å²) in [6.07, 6.45) is 0.451. The molecule has 0 fully saturated rings. The molecule has 1 aliphatic rings. The van der Waals surface area contributed by atoms with Crippen LogP contribution in [0.3, 0.4) is 0 Å². The molecule has 2 aromatic carbocycles. The number of nitrogens with zero attached hydrogens (tertiary/aromatic N) is 4. The van der Waals surface area contributed by atoms with Crippen molar-refractivity contribution in [3.63, 3.8) is 0 Å². The van der Waals surface area contributed by atoms with Crippen LogP contribution in [-0.4, -0.2) is 47.3 Å². The fraction of sp³-hybridized carbons (Fsp3) is 0.292. The Morgan fingerprint density at radius 3 is 2.35 bits per heavy atom. The molecule has 0 N–H and O–H groups in total. The smallest absolute Gasteiger partial charge is 0.293 e. The van der Waals surface area contributed by atoms with Gasteiger partial charge in [-0.3, -0.25) is 9.59 Å². The molecule has 34 heavy (non-hydrogen) atoms. The number of rotatable bonds is 7. The van der Waals surface area contributed by atoms with Crippen LogP contribution >= 0.6 is 23.2 Å². The summed E-state index contributed by atoms with van der Waals surface area (Å²) in [4.78, 5) is 39.7. The number of amides is 1. The monoisotopic (exact) mass is 502 g/mol. The quantitative estimate of drug-likeness (QED) is 0.489. The van der Waals surface area contributed by atoms with E-state index in [0.717, 1.165) is 10.4 Å². The van der Waals surface area contributed by atoms with E-state index in [2.05, 4.69) is 0 Å². The third kappa shape index (κ3) is 4.98. The van der Waals surface area contributed by atoms with E-state index in [1.807, 2.05) is 24.0 Å². The topological polar surface area (TPSA) is 76.9 Å². The van der Waals surface area contributed by atoms with Gasteiger partial charge in [-0.15, -0.1) is 4.73 Å². The zero-order chi connectivity index (χ0) is 24.2. The van der Waals surface area contributed by atoms with Gasteiger partial charge < -0.3 is 19.4 Å². The van der Waals surface area contributed by atoms with Crippen molar-refractivity contribution in [1.82, 2.24) is 14.6 Å². The number of ether oxygens (including phenoxy) is 1. The van der Waals surface area contributed by atoms with E-state index in [4.69, 9.17) is 37.8 Å².